The van der Waals surface area contributed by atoms with Crippen LogP contribution in [0.3, 0.4) is 0 Å². The van der Waals surface area contributed by atoms with Crippen LogP contribution in [0.4, 0.5) is 0 Å². The van der Waals surface area contributed by atoms with Gasteiger partial charge in [0.1, 0.15) is 11.5 Å². The summed E-state index contributed by atoms with van der Waals surface area (Å²) in [6.45, 7) is 7.62. The van der Waals surface area contributed by atoms with Crippen LogP contribution in [-0.2, 0) is 26.2 Å². The Bertz CT molecular complexity index is 522. The second kappa shape index (κ2) is 10.0. The van der Waals surface area contributed by atoms with Crippen LogP contribution in [0.1, 0.15) is 22.3 Å². The number of halogens is 1. The van der Waals surface area contributed by atoms with E-state index in [2.05, 4.69) is 0 Å². The molecule has 0 heterocycles. The van der Waals surface area contributed by atoms with Gasteiger partial charge in [-0.15, -0.1) is 12.4 Å². The third kappa shape index (κ3) is 6.58. The minimum atomic E-state index is 0. The number of benzene rings is 2. The van der Waals surface area contributed by atoms with E-state index in [4.69, 9.17) is 5.11 Å². The van der Waals surface area contributed by atoms with Crippen LogP contribution >= 0.6 is 12.4 Å². The van der Waals surface area contributed by atoms with E-state index in [1.54, 1.807) is 6.07 Å². The van der Waals surface area contributed by atoms with Gasteiger partial charge in [-0.1, -0.05) is 30.3 Å². The molecule has 0 saturated heterocycles. The summed E-state index contributed by atoms with van der Waals surface area (Å²) in [5.41, 5.74) is 3.91. The molecular weight excluding hydrogens is 351 g/mol. The van der Waals surface area contributed by atoms with E-state index in [0.29, 0.717) is 11.5 Å². The van der Waals surface area contributed by atoms with Crippen LogP contribution in [0.25, 0.3) is 0 Å². The van der Waals surface area contributed by atoms with Gasteiger partial charge in [0.25, 0.3) is 0 Å². The van der Waals surface area contributed by atoms with Gasteiger partial charge in [0, 0.05) is 26.2 Å². The molecule has 2 aromatic carbocycles. The summed E-state index contributed by atoms with van der Waals surface area (Å²) in [7, 11) is 0. The van der Waals surface area contributed by atoms with Gasteiger partial charge in [-0.2, -0.15) is 0 Å². The normalized spacial score (nSPS) is 8.60. The topological polar surface area (TPSA) is 40.5 Å². The maximum atomic E-state index is 9.21. The van der Waals surface area contributed by atoms with Gasteiger partial charge in [-0.05, 0) is 56.0 Å². The molecule has 0 radical (unpaired) electrons. The standard InChI is InChI=1S/2C8H10O.ClH.Zr/c1-6-3-4-7(2)8(9)5-6;1-6-4-3-5-7(2)8(6)9;;/h2*3-5,9H,1-2H3;1H;. The first-order chi connectivity index (χ1) is 8.41. The summed E-state index contributed by atoms with van der Waals surface area (Å²) in [4.78, 5) is 0. The first-order valence-corrected chi connectivity index (χ1v) is 5.93. The zero-order chi connectivity index (χ0) is 13.7. The fraction of sp³-hybridized carbons (Fsp3) is 0.250. The van der Waals surface area contributed by atoms with E-state index in [-0.39, 0.29) is 38.6 Å². The second-order valence-electron chi connectivity index (χ2n) is 4.53. The summed E-state index contributed by atoms with van der Waals surface area (Å²) >= 11 is 0. The number of phenolic OH excluding ortho intramolecular Hbond substituents is 2. The monoisotopic (exact) mass is 370 g/mol. The molecule has 0 aromatic heterocycles. The number of para-hydroxylation sites is 1. The summed E-state index contributed by atoms with van der Waals surface area (Å²) < 4.78 is 0. The maximum absolute atomic E-state index is 9.21. The Kier molecular flexibility index (Phi) is 10.8. The summed E-state index contributed by atoms with van der Waals surface area (Å²) in [6, 6.07) is 11.4. The quantitative estimate of drug-likeness (QED) is 0.718. The predicted octanol–water partition coefficient (Wildman–Crippen LogP) is 4.44. The maximum Gasteiger partial charge on any atom is 0.121 e. The molecule has 4 heteroatoms. The largest absolute Gasteiger partial charge is 0.508 e. The fourth-order valence-corrected chi connectivity index (χ4v) is 1.53. The molecule has 0 aliphatic carbocycles. The number of hydrogen-bond donors (Lipinski definition) is 2. The van der Waals surface area contributed by atoms with Crippen molar-refractivity contribution in [1.29, 1.82) is 0 Å². The van der Waals surface area contributed by atoms with Gasteiger partial charge in [-0.25, -0.2) is 0 Å². The molecule has 0 spiro atoms. The van der Waals surface area contributed by atoms with Crippen molar-refractivity contribution in [3.05, 3.63) is 58.7 Å². The van der Waals surface area contributed by atoms with Crippen molar-refractivity contribution in [3.8, 4) is 11.5 Å². The van der Waals surface area contributed by atoms with Crippen LogP contribution in [0.5, 0.6) is 11.5 Å². The molecule has 0 saturated carbocycles. The molecule has 0 aliphatic rings. The van der Waals surface area contributed by atoms with Crippen molar-refractivity contribution in [2.45, 2.75) is 27.7 Å². The molecule has 0 unspecified atom stereocenters. The van der Waals surface area contributed by atoms with Crippen molar-refractivity contribution in [2.75, 3.05) is 0 Å². The molecule has 20 heavy (non-hydrogen) atoms. The van der Waals surface area contributed by atoms with Gasteiger partial charge in [0.05, 0.1) is 0 Å². The van der Waals surface area contributed by atoms with Crippen molar-refractivity contribution >= 4 is 12.4 Å². The van der Waals surface area contributed by atoms with E-state index in [1.165, 1.54) is 0 Å². The molecule has 0 aliphatic heterocycles. The molecule has 0 fully saturated rings. The SMILES string of the molecule is Cc1ccc(C)c(O)c1.Cc1cccc(C)c1O.Cl.[Zr]. The Morgan fingerprint density at radius 1 is 0.750 bits per heavy atom. The van der Waals surface area contributed by atoms with Gasteiger partial charge in [0.15, 0.2) is 0 Å². The number of rotatable bonds is 0. The Labute approximate surface area is 146 Å². The first-order valence-electron chi connectivity index (χ1n) is 5.93. The fourth-order valence-electron chi connectivity index (χ4n) is 1.53. The average Bonchev–Trinajstić information content (AvgIpc) is 2.32. The Morgan fingerprint density at radius 2 is 1.25 bits per heavy atom. The van der Waals surface area contributed by atoms with E-state index < -0.39 is 0 Å². The molecule has 2 nitrogen and oxygen atoms in total. The van der Waals surface area contributed by atoms with Gasteiger partial charge < -0.3 is 10.2 Å². The van der Waals surface area contributed by atoms with E-state index >= 15 is 0 Å². The van der Waals surface area contributed by atoms with E-state index in [9.17, 15) is 5.11 Å². The second-order valence-corrected chi connectivity index (χ2v) is 4.53. The first kappa shape index (κ1) is 21.5. The summed E-state index contributed by atoms with van der Waals surface area (Å²) in [5, 5.41) is 18.3. The van der Waals surface area contributed by atoms with Crippen molar-refractivity contribution < 1.29 is 36.4 Å². The Hall–Kier alpha value is -0.787. The van der Waals surface area contributed by atoms with E-state index in [1.807, 2.05) is 58.0 Å². The number of hydrogen-bond acceptors (Lipinski definition) is 2. The van der Waals surface area contributed by atoms with Crippen LogP contribution in [0.15, 0.2) is 36.4 Å². The van der Waals surface area contributed by atoms with Gasteiger partial charge in [0.2, 0.25) is 0 Å². The van der Waals surface area contributed by atoms with Crippen LogP contribution in [-0.4, -0.2) is 10.2 Å². The van der Waals surface area contributed by atoms with Gasteiger partial charge in [-0.3, -0.25) is 0 Å². The minimum Gasteiger partial charge on any atom is -0.508 e. The molecule has 2 rings (SSSR count). The Balaban J connectivity index is 0. The zero-order valence-corrected chi connectivity index (χ0v) is 15.5. The van der Waals surface area contributed by atoms with Crippen molar-refractivity contribution in [1.82, 2.24) is 0 Å². The van der Waals surface area contributed by atoms with Crippen molar-refractivity contribution in [2.24, 2.45) is 0 Å². The van der Waals surface area contributed by atoms with E-state index in [0.717, 1.165) is 22.3 Å². The molecule has 0 bridgehead atoms. The third-order valence-corrected chi connectivity index (χ3v) is 2.80. The molecular formula is C16H21ClO2Zr. The van der Waals surface area contributed by atoms with Gasteiger partial charge >= 0.3 is 0 Å². The molecule has 2 aromatic rings. The average molecular weight is 372 g/mol. The zero-order valence-electron chi connectivity index (χ0n) is 12.3. The Morgan fingerprint density at radius 3 is 1.60 bits per heavy atom. The number of aryl methyl sites for hydroxylation is 4. The molecule has 108 valence electrons. The van der Waals surface area contributed by atoms with Crippen molar-refractivity contribution in [3.63, 3.8) is 0 Å². The predicted molar refractivity (Wildman–Crippen MR) is 82.4 cm³/mol. The molecule has 0 atom stereocenters. The molecule has 0 amide bonds. The van der Waals surface area contributed by atoms with Crippen LogP contribution in [0, 0.1) is 27.7 Å². The minimum absolute atomic E-state index is 0. The molecule has 2 N–H and O–H groups in total. The number of phenols is 2. The smallest absolute Gasteiger partial charge is 0.121 e. The van der Waals surface area contributed by atoms with Crippen LogP contribution in [0.2, 0.25) is 0 Å². The third-order valence-electron chi connectivity index (χ3n) is 2.80. The summed E-state index contributed by atoms with van der Waals surface area (Å²) in [5.74, 6) is 0.799. The van der Waals surface area contributed by atoms with Crippen LogP contribution < -0.4 is 0 Å². The number of aromatic hydroxyl groups is 2. The summed E-state index contributed by atoms with van der Waals surface area (Å²) in [6.07, 6.45) is 0.